The first-order valence-corrected chi connectivity index (χ1v) is 8.46. The number of nitrogens with zero attached hydrogens (tertiary/aromatic N) is 4. The van der Waals surface area contributed by atoms with Gasteiger partial charge in [-0.1, -0.05) is 41.1 Å². The van der Waals surface area contributed by atoms with Crippen LogP contribution >= 0.6 is 22.9 Å². The van der Waals surface area contributed by atoms with Gasteiger partial charge in [-0.3, -0.25) is 9.20 Å². The van der Waals surface area contributed by atoms with Gasteiger partial charge in [0.2, 0.25) is 0 Å². The van der Waals surface area contributed by atoms with Crippen LogP contribution in [0.25, 0.3) is 31.9 Å². The second-order valence-corrected chi connectivity index (χ2v) is 6.82. The van der Waals surface area contributed by atoms with Gasteiger partial charge >= 0.3 is 0 Å². The van der Waals surface area contributed by atoms with E-state index in [1.165, 1.54) is 11.3 Å². The van der Waals surface area contributed by atoms with Crippen molar-refractivity contribution in [3.05, 3.63) is 70.1 Å². The highest BCUT2D eigenvalue weighted by Crippen LogP contribution is 2.28. The van der Waals surface area contributed by atoms with Gasteiger partial charge in [0, 0.05) is 5.02 Å². The van der Waals surface area contributed by atoms with E-state index in [0.717, 1.165) is 15.9 Å². The largest absolute Gasteiger partial charge is 0.270 e. The van der Waals surface area contributed by atoms with E-state index in [1.807, 2.05) is 42.5 Å². The van der Waals surface area contributed by atoms with Crippen molar-refractivity contribution in [1.29, 1.82) is 0 Å². The Morgan fingerprint density at radius 3 is 2.75 bits per heavy atom. The summed E-state index contributed by atoms with van der Waals surface area (Å²) in [7, 11) is 0. The van der Waals surface area contributed by atoms with E-state index in [1.54, 1.807) is 21.3 Å². The molecule has 7 heteroatoms. The number of para-hydroxylation sites is 1. The Kier molecular flexibility index (Phi) is 2.80. The molecule has 0 amide bonds. The highest BCUT2D eigenvalue weighted by molar-refractivity contribution is 7.23. The molecule has 0 N–H and O–H groups in total. The van der Waals surface area contributed by atoms with Crippen LogP contribution in [0.1, 0.15) is 0 Å². The molecule has 2 aromatic carbocycles. The molecule has 5 rings (SSSR count). The van der Waals surface area contributed by atoms with Crippen LogP contribution in [0.5, 0.6) is 0 Å². The molecule has 0 saturated carbocycles. The van der Waals surface area contributed by atoms with Gasteiger partial charge in [0.15, 0.2) is 10.6 Å². The molecule has 0 fully saturated rings. The second kappa shape index (κ2) is 4.90. The van der Waals surface area contributed by atoms with Crippen molar-refractivity contribution in [3.8, 4) is 5.69 Å². The summed E-state index contributed by atoms with van der Waals surface area (Å²) < 4.78 is 4.24. The van der Waals surface area contributed by atoms with E-state index in [-0.39, 0.29) is 5.56 Å². The van der Waals surface area contributed by atoms with Crippen LogP contribution in [-0.4, -0.2) is 19.2 Å². The summed E-state index contributed by atoms with van der Waals surface area (Å²) in [6, 6.07) is 15.1. The molecular weight excluding hydrogens is 344 g/mol. The van der Waals surface area contributed by atoms with Crippen molar-refractivity contribution >= 4 is 49.1 Å². The molecule has 0 spiro atoms. The predicted octanol–water partition coefficient (Wildman–Crippen LogP) is 3.90. The molecule has 5 aromatic rings. The summed E-state index contributed by atoms with van der Waals surface area (Å²) >= 11 is 7.50. The lowest BCUT2D eigenvalue weighted by molar-refractivity contribution is 0.898. The quantitative estimate of drug-likeness (QED) is 0.459. The maximum absolute atomic E-state index is 12.9. The molecule has 0 aliphatic heterocycles. The molecule has 0 aliphatic carbocycles. The van der Waals surface area contributed by atoms with Crippen molar-refractivity contribution in [2.24, 2.45) is 0 Å². The molecule has 116 valence electrons. The van der Waals surface area contributed by atoms with Gasteiger partial charge in [-0.05, 0) is 30.3 Å². The Balaban J connectivity index is 1.93. The van der Waals surface area contributed by atoms with Gasteiger partial charge in [0.1, 0.15) is 5.39 Å². The van der Waals surface area contributed by atoms with Crippen LogP contribution in [0, 0.1) is 0 Å². The SMILES string of the molecule is O=c1c2cnn(-c3ccccc3)c2nc2sc3cc(Cl)ccc3n12. The highest BCUT2D eigenvalue weighted by atomic mass is 35.5. The smallest absolute Gasteiger partial charge is 0.268 e. The summed E-state index contributed by atoms with van der Waals surface area (Å²) in [5.41, 5.74) is 2.12. The van der Waals surface area contributed by atoms with E-state index >= 15 is 0 Å². The lowest BCUT2D eigenvalue weighted by Gasteiger charge is -2.02. The van der Waals surface area contributed by atoms with Crippen molar-refractivity contribution in [1.82, 2.24) is 19.2 Å². The minimum atomic E-state index is -0.120. The van der Waals surface area contributed by atoms with Crippen LogP contribution in [0.4, 0.5) is 0 Å². The maximum atomic E-state index is 12.9. The first-order chi connectivity index (χ1) is 11.7. The molecule has 3 aromatic heterocycles. The molecule has 24 heavy (non-hydrogen) atoms. The van der Waals surface area contributed by atoms with Crippen LogP contribution in [0.2, 0.25) is 5.02 Å². The number of aromatic nitrogens is 4. The van der Waals surface area contributed by atoms with Gasteiger partial charge in [-0.15, -0.1) is 0 Å². The standard InChI is InChI=1S/C17H9ClN4OS/c18-10-6-7-13-14(8-10)24-17-20-15-12(16(23)21(13)17)9-19-22(15)11-4-2-1-3-5-11/h1-9H. The number of thiazole rings is 1. The minimum Gasteiger partial charge on any atom is -0.268 e. The first kappa shape index (κ1) is 13.7. The Hall–Kier alpha value is -2.70. The molecule has 0 aliphatic rings. The normalized spacial score (nSPS) is 11.7. The number of hydrogen-bond donors (Lipinski definition) is 0. The fraction of sp³-hybridized carbons (Fsp3) is 0. The van der Waals surface area contributed by atoms with Gasteiger partial charge in [0.05, 0.1) is 22.1 Å². The van der Waals surface area contributed by atoms with E-state index < -0.39 is 0 Å². The van der Waals surface area contributed by atoms with E-state index in [2.05, 4.69) is 10.1 Å². The molecule has 0 atom stereocenters. The molecular formula is C17H9ClN4OS. The Bertz CT molecular complexity index is 1290. The summed E-state index contributed by atoms with van der Waals surface area (Å²) in [5, 5.41) is 5.48. The molecule has 0 unspecified atom stereocenters. The zero-order chi connectivity index (χ0) is 16.3. The molecule has 0 bridgehead atoms. The second-order valence-electron chi connectivity index (χ2n) is 5.38. The monoisotopic (exact) mass is 352 g/mol. The fourth-order valence-corrected chi connectivity index (χ4v) is 4.13. The van der Waals surface area contributed by atoms with Crippen LogP contribution in [0.15, 0.2) is 59.5 Å². The highest BCUT2D eigenvalue weighted by Gasteiger charge is 2.15. The lowest BCUT2D eigenvalue weighted by atomic mass is 10.3. The molecule has 3 heterocycles. The van der Waals surface area contributed by atoms with Crippen LogP contribution in [0.3, 0.4) is 0 Å². The third-order valence-corrected chi connectivity index (χ3v) is 5.17. The summed E-state index contributed by atoms with van der Waals surface area (Å²) in [4.78, 5) is 18.2. The number of hydrogen-bond acceptors (Lipinski definition) is 4. The van der Waals surface area contributed by atoms with Crippen molar-refractivity contribution in [3.63, 3.8) is 0 Å². The van der Waals surface area contributed by atoms with Crippen molar-refractivity contribution in [2.45, 2.75) is 0 Å². The van der Waals surface area contributed by atoms with Crippen molar-refractivity contribution in [2.75, 3.05) is 0 Å². The predicted molar refractivity (Wildman–Crippen MR) is 96.5 cm³/mol. The summed E-state index contributed by atoms with van der Waals surface area (Å²) in [5.74, 6) is 0. The molecule has 5 nitrogen and oxygen atoms in total. The summed E-state index contributed by atoms with van der Waals surface area (Å²) in [6.07, 6.45) is 1.57. The topological polar surface area (TPSA) is 52.2 Å². The zero-order valence-corrected chi connectivity index (χ0v) is 13.8. The first-order valence-electron chi connectivity index (χ1n) is 7.26. The zero-order valence-electron chi connectivity index (χ0n) is 12.2. The van der Waals surface area contributed by atoms with Gasteiger partial charge < -0.3 is 0 Å². The molecule has 0 radical (unpaired) electrons. The number of halogens is 1. The number of rotatable bonds is 1. The molecule has 0 saturated heterocycles. The van der Waals surface area contributed by atoms with Gasteiger partial charge in [-0.2, -0.15) is 10.1 Å². The average Bonchev–Trinajstić information content (AvgIpc) is 3.17. The fourth-order valence-electron chi connectivity index (χ4n) is 2.84. The Morgan fingerprint density at radius 1 is 1.08 bits per heavy atom. The van der Waals surface area contributed by atoms with E-state index in [0.29, 0.717) is 21.0 Å². The maximum Gasteiger partial charge on any atom is 0.270 e. The average molecular weight is 353 g/mol. The minimum absolute atomic E-state index is 0.120. The third-order valence-electron chi connectivity index (χ3n) is 3.93. The summed E-state index contributed by atoms with van der Waals surface area (Å²) in [6.45, 7) is 0. The lowest BCUT2D eigenvalue weighted by Crippen LogP contribution is -2.13. The number of benzene rings is 2. The Labute approximate surface area is 144 Å². The van der Waals surface area contributed by atoms with E-state index in [4.69, 9.17) is 11.6 Å². The Morgan fingerprint density at radius 2 is 1.92 bits per heavy atom. The van der Waals surface area contributed by atoms with E-state index in [9.17, 15) is 4.79 Å². The van der Waals surface area contributed by atoms with Crippen LogP contribution < -0.4 is 5.56 Å². The van der Waals surface area contributed by atoms with Gasteiger partial charge in [0.25, 0.3) is 5.56 Å². The van der Waals surface area contributed by atoms with Gasteiger partial charge in [-0.25, -0.2) is 4.68 Å². The van der Waals surface area contributed by atoms with Crippen LogP contribution in [-0.2, 0) is 0 Å². The third kappa shape index (κ3) is 1.84. The van der Waals surface area contributed by atoms with Crippen molar-refractivity contribution < 1.29 is 0 Å². The number of fused-ring (bicyclic) bond motifs is 4.